The van der Waals surface area contributed by atoms with Gasteiger partial charge in [0.15, 0.2) is 5.60 Å². The Labute approximate surface area is 159 Å². The van der Waals surface area contributed by atoms with Gasteiger partial charge in [-0.05, 0) is 44.3 Å². The Morgan fingerprint density at radius 1 is 0.960 bits per heavy atom. The summed E-state index contributed by atoms with van der Waals surface area (Å²) in [6.07, 6.45) is 10.8. The third-order valence-electron chi connectivity index (χ3n) is 5.69. The van der Waals surface area contributed by atoms with Gasteiger partial charge in [0.25, 0.3) is 0 Å². The Balaban J connectivity index is 0.00000225. The molecule has 1 heterocycles. The van der Waals surface area contributed by atoms with Crippen molar-refractivity contribution in [1.82, 2.24) is 4.90 Å². The molecule has 138 valence electrons. The second kappa shape index (κ2) is 10.2. The van der Waals surface area contributed by atoms with E-state index < -0.39 is 5.60 Å². The first-order chi connectivity index (χ1) is 11.8. The molecular weight excluding hydrogens is 330 g/mol. The van der Waals surface area contributed by atoms with Crippen molar-refractivity contribution in [1.29, 1.82) is 0 Å². The zero-order valence-corrected chi connectivity index (χ0v) is 16.1. The molecule has 2 nitrogen and oxygen atoms in total. The highest BCUT2D eigenvalue weighted by Gasteiger charge is 2.37. The van der Waals surface area contributed by atoms with Gasteiger partial charge in [0.05, 0.1) is 0 Å². The lowest BCUT2D eigenvalue weighted by molar-refractivity contribution is 0.0159. The van der Waals surface area contributed by atoms with E-state index in [1.807, 2.05) is 30.3 Å². The first-order valence-corrected chi connectivity index (χ1v) is 9.79. The van der Waals surface area contributed by atoms with Crippen LogP contribution in [0, 0.1) is 17.8 Å². The van der Waals surface area contributed by atoms with Crippen molar-refractivity contribution in [2.45, 2.75) is 63.4 Å². The van der Waals surface area contributed by atoms with Crippen LogP contribution in [0.1, 0.15) is 63.4 Å². The van der Waals surface area contributed by atoms with Gasteiger partial charge in [0.2, 0.25) is 0 Å². The normalized spacial score (nSPS) is 21.5. The van der Waals surface area contributed by atoms with Crippen molar-refractivity contribution >= 4 is 12.4 Å². The van der Waals surface area contributed by atoms with E-state index >= 15 is 0 Å². The van der Waals surface area contributed by atoms with Crippen LogP contribution >= 0.6 is 12.4 Å². The smallest absolute Gasteiger partial charge is 0.153 e. The zero-order chi connectivity index (χ0) is 16.7. The lowest BCUT2D eigenvalue weighted by Gasteiger charge is -2.35. The first-order valence-electron chi connectivity index (χ1n) is 9.79. The van der Waals surface area contributed by atoms with Crippen molar-refractivity contribution in [2.24, 2.45) is 5.92 Å². The van der Waals surface area contributed by atoms with Gasteiger partial charge in [-0.3, -0.25) is 0 Å². The average Bonchev–Trinajstić information content (AvgIpc) is 2.67. The molecule has 2 fully saturated rings. The van der Waals surface area contributed by atoms with E-state index in [0.29, 0.717) is 0 Å². The summed E-state index contributed by atoms with van der Waals surface area (Å²) in [6.45, 7) is 3.48. The highest BCUT2D eigenvalue weighted by Crippen LogP contribution is 2.39. The molecule has 1 unspecified atom stereocenters. The number of benzene rings is 1. The molecular formula is C22H32ClNO. The molecule has 2 aliphatic rings. The lowest BCUT2D eigenvalue weighted by atomic mass is 9.73. The predicted molar refractivity (Wildman–Crippen MR) is 107 cm³/mol. The Hall–Kier alpha value is -1.01. The van der Waals surface area contributed by atoms with Crippen LogP contribution in [0.3, 0.4) is 0 Å². The molecule has 1 aromatic carbocycles. The fourth-order valence-electron chi connectivity index (χ4n) is 4.22. The first kappa shape index (κ1) is 20.3. The number of aliphatic hydroxyl groups is 1. The van der Waals surface area contributed by atoms with Crippen LogP contribution in [0.4, 0.5) is 0 Å². The van der Waals surface area contributed by atoms with Crippen molar-refractivity contribution in [3.8, 4) is 11.8 Å². The van der Waals surface area contributed by atoms with E-state index in [4.69, 9.17) is 0 Å². The van der Waals surface area contributed by atoms with E-state index in [9.17, 15) is 5.11 Å². The number of nitrogens with zero attached hydrogens (tertiary/aromatic N) is 1. The molecule has 0 aromatic heterocycles. The molecule has 1 saturated heterocycles. The fourth-order valence-corrected chi connectivity index (χ4v) is 4.22. The number of hydrogen-bond donors (Lipinski definition) is 1. The zero-order valence-electron chi connectivity index (χ0n) is 15.3. The molecule has 1 N–H and O–H groups in total. The molecule has 1 saturated carbocycles. The third kappa shape index (κ3) is 5.48. The number of likely N-dealkylation sites (tertiary alicyclic amines) is 1. The van der Waals surface area contributed by atoms with Gasteiger partial charge in [-0.1, -0.05) is 67.9 Å². The van der Waals surface area contributed by atoms with E-state index in [2.05, 4.69) is 16.7 Å². The second-order valence-corrected chi connectivity index (χ2v) is 7.42. The maximum atomic E-state index is 11.5. The summed E-state index contributed by atoms with van der Waals surface area (Å²) >= 11 is 0. The summed E-state index contributed by atoms with van der Waals surface area (Å²) in [6, 6.07) is 10.1. The van der Waals surface area contributed by atoms with Crippen molar-refractivity contribution < 1.29 is 5.11 Å². The molecule has 0 bridgehead atoms. The SMILES string of the molecule is Cl.OC(C#CCCN1CCCCC1)(c1ccccc1)C1CCCCC1. The molecule has 1 aliphatic carbocycles. The Morgan fingerprint density at radius 3 is 2.28 bits per heavy atom. The van der Waals surface area contributed by atoms with Crippen LogP contribution in [0.5, 0.6) is 0 Å². The van der Waals surface area contributed by atoms with Crippen LogP contribution in [-0.4, -0.2) is 29.6 Å². The summed E-state index contributed by atoms with van der Waals surface area (Å²) in [7, 11) is 0. The van der Waals surface area contributed by atoms with Gasteiger partial charge < -0.3 is 10.0 Å². The van der Waals surface area contributed by atoms with Gasteiger partial charge in [0.1, 0.15) is 0 Å². The minimum Gasteiger partial charge on any atom is -0.373 e. The maximum Gasteiger partial charge on any atom is 0.153 e. The highest BCUT2D eigenvalue weighted by atomic mass is 35.5. The lowest BCUT2D eigenvalue weighted by Crippen LogP contribution is -2.35. The second-order valence-electron chi connectivity index (χ2n) is 7.42. The summed E-state index contributed by atoms with van der Waals surface area (Å²) in [4.78, 5) is 2.51. The number of halogens is 1. The molecule has 3 rings (SSSR count). The van der Waals surface area contributed by atoms with Crippen molar-refractivity contribution in [3.05, 3.63) is 35.9 Å². The molecule has 1 aliphatic heterocycles. The number of rotatable bonds is 4. The Kier molecular flexibility index (Phi) is 8.30. The van der Waals surface area contributed by atoms with Crippen LogP contribution in [0.25, 0.3) is 0 Å². The molecule has 0 radical (unpaired) electrons. The molecule has 25 heavy (non-hydrogen) atoms. The van der Waals surface area contributed by atoms with Crippen LogP contribution < -0.4 is 0 Å². The topological polar surface area (TPSA) is 23.5 Å². The van der Waals surface area contributed by atoms with Crippen LogP contribution in [-0.2, 0) is 5.60 Å². The standard InChI is InChI=1S/C22H31NO.ClH/c24-22(20-12-4-1-5-13-20,21-14-6-2-7-15-21)16-8-11-19-23-17-9-3-10-18-23;/h1,4-5,12-13,21,24H,2-3,6-7,9-11,14-15,17-19H2;1H. The quantitative estimate of drug-likeness (QED) is 0.782. The molecule has 1 aromatic rings. The maximum absolute atomic E-state index is 11.5. The van der Waals surface area contributed by atoms with Crippen LogP contribution in [0.2, 0.25) is 0 Å². The van der Waals surface area contributed by atoms with Gasteiger partial charge in [-0.15, -0.1) is 12.4 Å². The summed E-state index contributed by atoms with van der Waals surface area (Å²) < 4.78 is 0. The van der Waals surface area contributed by atoms with Gasteiger partial charge in [-0.25, -0.2) is 0 Å². The van der Waals surface area contributed by atoms with Crippen molar-refractivity contribution in [2.75, 3.05) is 19.6 Å². The number of hydrogen-bond acceptors (Lipinski definition) is 2. The van der Waals surface area contributed by atoms with Gasteiger partial charge in [-0.2, -0.15) is 0 Å². The minimum atomic E-state index is -0.969. The molecule has 0 amide bonds. The summed E-state index contributed by atoms with van der Waals surface area (Å²) in [5.41, 5.74) is 0.00575. The summed E-state index contributed by atoms with van der Waals surface area (Å²) in [5, 5.41) is 11.5. The van der Waals surface area contributed by atoms with Gasteiger partial charge >= 0.3 is 0 Å². The largest absolute Gasteiger partial charge is 0.373 e. The highest BCUT2D eigenvalue weighted by molar-refractivity contribution is 5.85. The third-order valence-corrected chi connectivity index (χ3v) is 5.69. The molecule has 1 atom stereocenters. The van der Waals surface area contributed by atoms with Gasteiger partial charge in [0, 0.05) is 18.9 Å². The fraction of sp³-hybridized carbons (Fsp3) is 0.636. The predicted octanol–water partition coefficient (Wildman–Crippen LogP) is 4.76. The van der Waals surface area contributed by atoms with E-state index in [0.717, 1.165) is 31.4 Å². The molecule has 0 spiro atoms. The van der Waals surface area contributed by atoms with Crippen LogP contribution in [0.15, 0.2) is 30.3 Å². The summed E-state index contributed by atoms with van der Waals surface area (Å²) in [5.74, 6) is 6.90. The number of piperidine rings is 1. The monoisotopic (exact) mass is 361 g/mol. The average molecular weight is 362 g/mol. The Bertz CT molecular complexity index is 552. The van der Waals surface area contributed by atoms with Crippen molar-refractivity contribution in [3.63, 3.8) is 0 Å². The van der Waals surface area contributed by atoms with E-state index in [1.165, 1.54) is 51.6 Å². The van der Waals surface area contributed by atoms with E-state index in [-0.39, 0.29) is 18.3 Å². The minimum absolute atomic E-state index is 0. The Morgan fingerprint density at radius 2 is 1.60 bits per heavy atom. The van der Waals surface area contributed by atoms with E-state index in [1.54, 1.807) is 0 Å². The molecule has 3 heteroatoms.